The number of aromatic nitrogens is 1. The Morgan fingerprint density at radius 1 is 1.39 bits per heavy atom. The standard InChI is InChI=1S/C13H14N2OS2/c1-2-15-12(16)11(18-13(15)17)9-14-8-10-6-4-3-5-7-10/h3-7,9,16H,2,8H2,1H3. The summed E-state index contributed by atoms with van der Waals surface area (Å²) in [4.78, 5) is 5.05. The Bertz CT molecular complexity index is 599. The molecule has 0 saturated carbocycles. The van der Waals surface area contributed by atoms with Crippen LogP contribution in [0.15, 0.2) is 35.3 Å². The monoisotopic (exact) mass is 278 g/mol. The second-order valence-corrected chi connectivity index (χ2v) is 5.43. The van der Waals surface area contributed by atoms with Gasteiger partial charge in [0.1, 0.15) is 4.88 Å². The molecule has 0 aliphatic heterocycles. The lowest BCUT2D eigenvalue weighted by atomic mass is 10.2. The van der Waals surface area contributed by atoms with E-state index in [1.807, 2.05) is 37.3 Å². The molecule has 0 radical (unpaired) electrons. The third-order valence-corrected chi connectivity index (χ3v) is 3.91. The highest BCUT2D eigenvalue weighted by atomic mass is 32.1. The van der Waals surface area contributed by atoms with E-state index in [0.717, 1.165) is 10.4 Å². The van der Waals surface area contributed by atoms with E-state index in [1.165, 1.54) is 11.3 Å². The molecule has 0 bridgehead atoms. The molecular weight excluding hydrogens is 264 g/mol. The Morgan fingerprint density at radius 3 is 2.72 bits per heavy atom. The fraction of sp³-hybridized carbons (Fsp3) is 0.231. The third-order valence-electron chi connectivity index (χ3n) is 2.54. The summed E-state index contributed by atoms with van der Waals surface area (Å²) in [6.07, 6.45) is 1.69. The summed E-state index contributed by atoms with van der Waals surface area (Å²) in [5, 5.41) is 9.92. The minimum absolute atomic E-state index is 0.212. The van der Waals surface area contributed by atoms with Crippen molar-refractivity contribution in [1.82, 2.24) is 4.57 Å². The molecular formula is C13H14N2OS2. The smallest absolute Gasteiger partial charge is 0.212 e. The molecule has 0 saturated heterocycles. The molecule has 1 aromatic heterocycles. The lowest BCUT2D eigenvalue weighted by molar-refractivity contribution is 0.419. The Kier molecular flexibility index (Phi) is 4.28. The zero-order chi connectivity index (χ0) is 13.0. The number of nitrogens with zero attached hydrogens (tertiary/aromatic N) is 2. The second kappa shape index (κ2) is 5.93. The number of hydrogen-bond acceptors (Lipinski definition) is 4. The third kappa shape index (κ3) is 2.86. The van der Waals surface area contributed by atoms with E-state index < -0.39 is 0 Å². The molecule has 1 N–H and O–H groups in total. The van der Waals surface area contributed by atoms with Crippen molar-refractivity contribution in [3.8, 4) is 5.88 Å². The zero-order valence-electron chi connectivity index (χ0n) is 10.0. The summed E-state index contributed by atoms with van der Waals surface area (Å²) in [6.45, 7) is 3.23. The van der Waals surface area contributed by atoms with Gasteiger partial charge in [-0.2, -0.15) is 0 Å². The Labute approximate surface area is 115 Å². The first-order valence-corrected chi connectivity index (χ1v) is 6.91. The van der Waals surface area contributed by atoms with Gasteiger partial charge in [0.25, 0.3) is 0 Å². The molecule has 2 rings (SSSR count). The van der Waals surface area contributed by atoms with Crippen molar-refractivity contribution in [2.75, 3.05) is 0 Å². The van der Waals surface area contributed by atoms with Crippen molar-refractivity contribution in [2.24, 2.45) is 4.99 Å². The first kappa shape index (κ1) is 13.0. The average Bonchev–Trinajstić information content (AvgIpc) is 2.65. The molecule has 0 fully saturated rings. The van der Waals surface area contributed by atoms with Gasteiger partial charge in [0.15, 0.2) is 3.95 Å². The fourth-order valence-corrected chi connectivity index (χ4v) is 2.92. The van der Waals surface area contributed by atoms with Crippen LogP contribution in [0.25, 0.3) is 0 Å². The van der Waals surface area contributed by atoms with Crippen molar-refractivity contribution >= 4 is 29.8 Å². The lowest BCUT2D eigenvalue weighted by Gasteiger charge is -1.98. The van der Waals surface area contributed by atoms with E-state index in [9.17, 15) is 5.11 Å². The number of aliphatic imine (C=N–C) groups is 1. The molecule has 0 atom stereocenters. The molecule has 1 aromatic carbocycles. The first-order chi connectivity index (χ1) is 8.72. The Morgan fingerprint density at radius 2 is 2.11 bits per heavy atom. The summed E-state index contributed by atoms with van der Waals surface area (Å²) in [5.41, 5.74) is 1.15. The predicted molar refractivity (Wildman–Crippen MR) is 78.2 cm³/mol. The van der Waals surface area contributed by atoms with E-state index in [1.54, 1.807) is 10.8 Å². The zero-order valence-corrected chi connectivity index (χ0v) is 11.7. The molecule has 0 spiro atoms. The van der Waals surface area contributed by atoms with Gasteiger partial charge in [0, 0.05) is 12.8 Å². The first-order valence-electron chi connectivity index (χ1n) is 5.68. The van der Waals surface area contributed by atoms with Gasteiger partial charge in [-0.05, 0) is 24.7 Å². The number of thiazole rings is 1. The van der Waals surface area contributed by atoms with Crippen LogP contribution in [0.4, 0.5) is 0 Å². The Balaban J connectivity index is 2.13. The molecule has 0 aliphatic carbocycles. The summed E-state index contributed by atoms with van der Waals surface area (Å²) in [5.74, 6) is 0.212. The van der Waals surface area contributed by atoms with Gasteiger partial charge in [-0.3, -0.25) is 9.56 Å². The highest BCUT2D eigenvalue weighted by molar-refractivity contribution is 7.73. The molecule has 2 aromatic rings. The SMILES string of the molecule is CCn1c(O)c(C=NCc2ccccc2)sc1=S. The largest absolute Gasteiger partial charge is 0.493 e. The van der Waals surface area contributed by atoms with E-state index in [-0.39, 0.29) is 5.88 Å². The maximum Gasteiger partial charge on any atom is 0.212 e. The lowest BCUT2D eigenvalue weighted by Crippen LogP contribution is -1.92. The van der Waals surface area contributed by atoms with Gasteiger partial charge >= 0.3 is 0 Å². The van der Waals surface area contributed by atoms with Crippen LogP contribution in [0.2, 0.25) is 0 Å². The summed E-state index contributed by atoms with van der Waals surface area (Å²) in [7, 11) is 0. The van der Waals surface area contributed by atoms with Crippen molar-refractivity contribution < 1.29 is 5.11 Å². The van der Waals surface area contributed by atoms with E-state index in [2.05, 4.69) is 4.99 Å². The van der Waals surface area contributed by atoms with E-state index in [4.69, 9.17) is 12.2 Å². The molecule has 3 nitrogen and oxygen atoms in total. The maximum atomic E-state index is 9.92. The van der Waals surface area contributed by atoms with Crippen LogP contribution in [0.3, 0.4) is 0 Å². The van der Waals surface area contributed by atoms with Crippen LogP contribution in [-0.4, -0.2) is 15.9 Å². The van der Waals surface area contributed by atoms with Crippen molar-refractivity contribution in [2.45, 2.75) is 20.0 Å². The topological polar surface area (TPSA) is 37.5 Å². The van der Waals surface area contributed by atoms with Crippen molar-refractivity contribution in [1.29, 1.82) is 0 Å². The molecule has 94 valence electrons. The van der Waals surface area contributed by atoms with Crippen LogP contribution < -0.4 is 0 Å². The van der Waals surface area contributed by atoms with Crippen molar-refractivity contribution in [3.05, 3.63) is 44.7 Å². The molecule has 0 aliphatic rings. The van der Waals surface area contributed by atoms with E-state index in [0.29, 0.717) is 17.0 Å². The molecule has 1 heterocycles. The molecule has 0 unspecified atom stereocenters. The van der Waals surface area contributed by atoms with Crippen LogP contribution in [0.1, 0.15) is 17.4 Å². The highest BCUT2D eigenvalue weighted by Crippen LogP contribution is 2.24. The van der Waals surface area contributed by atoms with Crippen LogP contribution >= 0.6 is 23.6 Å². The summed E-state index contributed by atoms with van der Waals surface area (Å²) < 4.78 is 2.38. The molecule has 0 amide bonds. The second-order valence-electron chi connectivity index (χ2n) is 3.76. The minimum atomic E-state index is 0.212. The molecule has 18 heavy (non-hydrogen) atoms. The predicted octanol–water partition coefficient (Wildman–Crippen LogP) is 3.62. The van der Waals surface area contributed by atoms with Crippen LogP contribution in [0.5, 0.6) is 5.88 Å². The van der Waals surface area contributed by atoms with Gasteiger partial charge in [0.05, 0.1) is 6.54 Å². The minimum Gasteiger partial charge on any atom is -0.493 e. The van der Waals surface area contributed by atoms with Gasteiger partial charge in [-0.25, -0.2) is 0 Å². The van der Waals surface area contributed by atoms with E-state index >= 15 is 0 Å². The van der Waals surface area contributed by atoms with Gasteiger partial charge in [0.2, 0.25) is 5.88 Å². The highest BCUT2D eigenvalue weighted by Gasteiger charge is 2.07. The Hall–Kier alpha value is -1.46. The van der Waals surface area contributed by atoms with Gasteiger partial charge in [-0.15, -0.1) is 0 Å². The maximum absolute atomic E-state index is 9.92. The van der Waals surface area contributed by atoms with Gasteiger partial charge in [-0.1, -0.05) is 41.7 Å². The van der Waals surface area contributed by atoms with Crippen LogP contribution in [-0.2, 0) is 13.1 Å². The number of aromatic hydroxyl groups is 1. The van der Waals surface area contributed by atoms with Crippen LogP contribution in [0, 0.1) is 3.95 Å². The van der Waals surface area contributed by atoms with Crippen molar-refractivity contribution in [3.63, 3.8) is 0 Å². The normalized spacial score (nSPS) is 11.2. The number of rotatable bonds is 4. The fourth-order valence-electron chi connectivity index (χ4n) is 1.59. The average molecular weight is 278 g/mol. The molecule has 5 heteroatoms. The summed E-state index contributed by atoms with van der Waals surface area (Å²) >= 11 is 6.54. The number of benzene rings is 1. The number of hydrogen-bond donors (Lipinski definition) is 1. The summed E-state index contributed by atoms with van der Waals surface area (Å²) in [6, 6.07) is 10.00. The van der Waals surface area contributed by atoms with Gasteiger partial charge < -0.3 is 5.11 Å². The quantitative estimate of drug-likeness (QED) is 0.685.